The van der Waals surface area contributed by atoms with E-state index < -0.39 is 0 Å². The zero-order valence-corrected chi connectivity index (χ0v) is 11.7. The highest BCUT2D eigenvalue weighted by Crippen LogP contribution is 2.23. The van der Waals surface area contributed by atoms with Crippen LogP contribution in [0.2, 0.25) is 0 Å². The predicted octanol–water partition coefficient (Wildman–Crippen LogP) is 3.59. The Bertz CT molecular complexity index is 505. The Labute approximate surface area is 110 Å². The maximum absolute atomic E-state index is 4.25. The second kappa shape index (κ2) is 5.36. The van der Waals surface area contributed by atoms with Crippen LogP contribution in [-0.4, -0.2) is 9.78 Å². The summed E-state index contributed by atoms with van der Waals surface area (Å²) in [7, 11) is 0. The molecule has 4 heteroatoms. The maximum atomic E-state index is 4.25. The number of aryl methyl sites for hydroxylation is 1. The molecule has 2 rings (SSSR count). The van der Waals surface area contributed by atoms with Crippen LogP contribution in [0.4, 0.5) is 5.69 Å². The van der Waals surface area contributed by atoms with E-state index >= 15 is 0 Å². The third kappa shape index (κ3) is 2.88. The third-order valence-electron chi connectivity index (χ3n) is 2.76. The first-order valence-electron chi connectivity index (χ1n) is 5.71. The minimum absolute atomic E-state index is 0.803. The number of benzene rings is 1. The number of halogens is 1. The third-order valence-corrected chi connectivity index (χ3v) is 3.62. The molecule has 0 atom stereocenters. The van der Waals surface area contributed by atoms with E-state index in [-0.39, 0.29) is 0 Å². The number of nitrogens with one attached hydrogen (secondary N) is 1. The SMILES string of the molecule is CCn1cc(CNc2cccc(Br)c2C)cn1. The van der Waals surface area contributed by atoms with Crippen LogP contribution >= 0.6 is 15.9 Å². The molecule has 0 unspecified atom stereocenters. The molecule has 1 aromatic carbocycles. The summed E-state index contributed by atoms with van der Waals surface area (Å²) in [6.07, 6.45) is 3.98. The van der Waals surface area contributed by atoms with Gasteiger partial charge in [-0.15, -0.1) is 0 Å². The van der Waals surface area contributed by atoms with Crippen LogP contribution in [0.15, 0.2) is 35.1 Å². The largest absolute Gasteiger partial charge is 0.381 e. The van der Waals surface area contributed by atoms with Crippen LogP contribution in [0.1, 0.15) is 18.1 Å². The molecule has 1 heterocycles. The van der Waals surface area contributed by atoms with Gasteiger partial charge in [-0.1, -0.05) is 22.0 Å². The van der Waals surface area contributed by atoms with Crippen molar-refractivity contribution in [1.29, 1.82) is 0 Å². The summed E-state index contributed by atoms with van der Waals surface area (Å²) in [6, 6.07) is 6.18. The summed E-state index contributed by atoms with van der Waals surface area (Å²) in [4.78, 5) is 0. The molecule has 0 saturated carbocycles. The van der Waals surface area contributed by atoms with Crippen LogP contribution in [0.5, 0.6) is 0 Å². The average molecular weight is 294 g/mol. The van der Waals surface area contributed by atoms with E-state index in [0.29, 0.717) is 0 Å². The molecule has 0 aliphatic carbocycles. The van der Waals surface area contributed by atoms with Gasteiger partial charge in [-0.2, -0.15) is 5.10 Å². The molecule has 1 aromatic heterocycles. The van der Waals surface area contributed by atoms with Crippen LogP contribution in [0.3, 0.4) is 0 Å². The van der Waals surface area contributed by atoms with Gasteiger partial charge in [-0.05, 0) is 31.5 Å². The summed E-state index contributed by atoms with van der Waals surface area (Å²) in [5.41, 5.74) is 3.59. The van der Waals surface area contributed by atoms with E-state index in [9.17, 15) is 0 Å². The molecule has 0 amide bonds. The minimum Gasteiger partial charge on any atom is -0.381 e. The van der Waals surface area contributed by atoms with E-state index in [1.807, 2.05) is 16.9 Å². The number of hydrogen-bond acceptors (Lipinski definition) is 2. The van der Waals surface area contributed by atoms with Gasteiger partial charge in [0.15, 0.2) is 0 Å². The maximum Gasteiger partial charge on any atom is 0.0539 e. The molecule has 0 radical (unpaired) electrons. The van der Waals surface area contributed by atoms with E-state index in [4.69, 9.17) is 0 Å². The van der Waals surface area contributed by atoms with Gasteiger partial charge in [0, 0.05) is 35.0 Å². The smallest absolute Gasteiger partial charge is 0.0539 e. The van der Waals surface area contributed by atoms with Crippen molar-refractivity contribution in [3.63, 3.8) is 0 Å². The number of nitrogens with zero attached hydrogens (tertiary/aromatic N) is 2. The van der Waals surface area contributed by atoms with Crippen LogP contribution in [-0.2, 0) is 13.1 Å². The molecule has 0 aliphatic heterocycles. The molecular weight excluding hydrogens is 278 g/mol. The first-order chi connectivity index (χ1) is 8.20. The van der Waals surface area contributed by atoms with E-state index in [2.05, 4.69) is 58.5 Å². The van der Waals surface area contributed by atoms with Gasteiger partial charge in [0.1, 0.15) is 0 Å². The van der Waals surface area contributed by atoms with Gasteiger partial charge in [0.05, 0.1) is 6.20 Å². The van der Waals surface area contributed by atoms with Gasteiger partial charge < -0.3 is 5.32 Å². The van der Waals surface area contributed by atoms with Gasteiger partial charge in [0.2, 0.25) is 0 Å². The van der Waals surface area contributed by atoms with Gasteiger partial charge in [0.25, 0.3) is 0 Å². The molecule has 2 aromatic rings. The lowest BCUT2D eigenvalue weighted by Gasteiger charge is -2.09. The molecular formula is C13H16BrN3. The molecule has 0 bridgehead atoms. The number of anilines is 1. The summed E-state index contributed by atoms with van der Waals surface area (Å²) < 4.78 is 3.07. The number of rotatable bonds is 4. The summed E-state index contributed by atoms with van der Waals surface area (Å²) >= 11 is 3.53. The molecule has 0 fully saturated rings. The zero-order chi connectivity index (χ0) is 12.3. The standard InChI is InChI=1S/C13H16BrN3/c1-3-17-9-11(8-16-17)7-15-13-6-4-5-12(14)10(13)2/h4-6,8-9,15H,3,7H2,1-2H3. The fraction of sp³-hybridized carbons (Fsp3) is 0.308. The summed E-state index contributed by atoms with van der Waals surface area (Å²) in [6.45, 7) is 5.90. The lowest BCUT2D eigenvalue weighted by molar-refractivity contribution is 0.659. The molecule has 90 valence electrons. The van der Waals surface area contributed by atoms with Gasteiger partial charge >= 0.3 is 0 Å². The predicted molar refractivity (Wildman–Crippen MR) is 74.1 cm³/mol. The lowest BCUT2D eigenvalue weighted by atomic mass is 10.2. The molecule has 17 heavy (non-hydrogen) atoms. The van der Waals surface area contributed by atoms with E-state index in [1.54, 1.807) is 0 Å². The van der Waals surface area contributed by atoms with Crippen LogP contribution in [0.25, 0.3) is 0 Å². The van der Waals surface area contributed by atoms with Gasteiger partial charge in [-0.3, -0.25) is 4.68 Å². The zero-order valence-electron chi connectivity index (χ0n) is 10.1. The highest BCUT2D eigenvalue weighted by molar-refractivity contribution is 9.10. The van der Waals surface area contributed by atoms with Crippen molar-refractivity contribution in [3.05, 3.63) is 46.2 Å². The van der Waals surface area contributed by atoms with Crippen molar-refractivity contribution in [2.75, 3.05) is 5.32 Å². The van der Waals surface area contributed by atoms with E-state index in [0.717, 1.165) is 23.2 Å². The fourth-order valence-corrected chi connectivity index (χ4v) is 2.03. The fourth-order valence-electron chi connectivity index (χ4n) is 1.67. The Morgan fingerprint density at radius 1 is 1.41 bits per heavy atom. The lowest BCUT2D eigenvalue weighted by Crippen LogP contribution is -2.00. The first-order valence-corrected chi connectivity index (χ1v) is 6.50. The van der Waals surface area contributed by atoms with Crippen LogP contribution in [0, 0.1) is 6.92 Å². The van der Waals surface area contributed by atoms with Crippen molar-refractivity contribution >= 4 is 21.6 Å². The molecule has 0 saturated heterocycles. The Hall–Kier alpha value is -1.29. The topological polar surface area (TPSA) is 29.9 Å². The second-order valence-electron chi connectivity index (χ2n) is 3.97. The minimum atomic E-state index is 0.803. The van der Waals surface area contributed by atoms with Crippen molar-refractivity contribution in [2.24, 2.45) is 0 Å². The number of hydrogen-bond donors (Lipinski definition) is 1. The molecule has 1 N–H and O–H groups in total. The van der Waals surface area contributed by atoms with Crippen LogP contribution < -0.4 is 5.32 Å². The first kappa shape index (κ1) is 12.2. The molecule has 3 nitrogen and oxygen atoms in total. The second-order valence-corrected chi connectivity index (χ2v) is 4.82. The monoisotopic (exact) mass is 293 g/mol. The molecule has 0 aliphatic rings. The molecule has 0 spiro atoms. The summed E-state index contributed by atoms with van der Waals surface area (Å²) in [5, 5.41) is 7.68. The Morgan fingerprint density at radius 3 is 2.94 bits per heavy atom. The van der Waals surface area contributed by atoms with Crippen molar-refractivity contribution in [1.82, 2.24) is 9.78 Å². The van der Waals surface area contributed by atoms with Crippen molar-refractivity contribution in [2.45, 2.75) is 26.9 Å². The quantitative estimate of drug-likeness (QED) is 0.934. The van der Waals surface area contributed by atoms with Gasteiger partial charge in [-0.25, -0.2) is 0 Å². The van der Waals surface area contributed by atoms with E-state index in [1.165, 1.54) is 11.1 Å². The summed E-state index contributed by atoms with van der Waals surface area (Å²) in [5.74, 6) is 0. The average Bonchev–Trinajstić information content (AvgIpc) is 2.79. The highest BCUT2D eigenvalue weighted by atomic mass is 79.9. The van der Waals surface area contributed by atoms with Crippen molar-refractivity contribution < 1.29 is 0 Å². The Morgan fingerprint density at radius 2 is 2.24 bits per heavy atom. The normalized spacial score (nSPS) is 10.5. The Kier molecular flexibility index (Phi) is 3.84. The number of aromatic nitrogens is 2. The highest BCUT2D eigenvalue weighted by Gasteiger charge is 2.02. The Balaban J connectivity index is 2.04. The van der Waals surface area contributed by atoms with Crippen molar-refractivity contribution in [3.8, 4) is 0 Å².